The minimum Gasteiger partial charge on any atom is -0.334 e. The van der Waals surface area contributed by atoms with E-state index in [1.807, 2.05) is 0 Å². The third-order valence-electron chi connectivity index (χ3n) is 2.11. The summed E-state index contributed by atoms with van der Waals surface area (Å²) in [4.78, 5) is 13.1. The summed E-state index contributed by atoms with van der Waals surface area (Å²) in [7, 11) is 1.75. The molecule has 0 bridgehead atoms. The Bertz CT molecular complexity index is 201. The number of hydrogen-bond donors (Lipinski definition) is 1. The first-order chi connectivity index (χ1) is 5.75. The van der Waals surface area contributed by atoms with Crippen molar-refractivity contribution < 1.29 is 4.79 Å². The van der Waals surface area contributed by atoms with Crippen molar-refractivity contribution in [3.63, 3.8) is 0 Å². The van der Waals surface area contributed by atoms with Gasteiger partial charge in [-0.05, 0) is 13.0 Å². The highest BCUT2D eigenvalue weighted by Gasteiger charge is 2.24. The van der Waals surface area contributed by atoms with Crippen molar-refractivity contribution in [1.82, 2.24) is 10.2 Å². The lowest BCUT2D eigenvalue weighted by Crippen LogP contribution is -2.34. The number of nitrogens with zero attached hydrogens (tertiary/aromatic N) is 1. The number of amides is 1. The summed E-state index contributed by atoms with van der Waals surface area (Å²) in [6, 6.07) is 0. The van der Waals surface area contributed by atoms with Gasteiger partial charge in [-0.25, -0.2) is 0 Å². The summed E-state index contributed by atoms with van der Waals surface area (Å²) in [6.07, 6.45) is 6.04. The highest BCUT2D eigenvalue weighted by Crippen LogP contribution is 2.09. The highest BCUT2D eigenvalue weighted by atomic mass is 16.2. The predicted molar refractivity (Wildman–Crippen MR) is 47.4 cm³/mol. The number of carbonyl (C=O) groups is 1. The summed E-state index contributed by atoms with van der Waals surface area (Å²) in [6.45, 7) is 2.16. The van der Waals surface area contributed by atoms with Gasteiger partial charge >= 0.3 is 0 Å². The molecule has 0 aliphatic carbocycles. The van der Waals surface area contributed by atoms with Crippen LogP contribution in [0.3, 0.4) is 0 Å². The summed E-state index contributed by atoms with van der Waals surface area (Å²) >= 11 is 0. The van der Waals surface area contributed by atoms with Crippen molar-refractivity contribution >= 4 is 5.91 Å². The van der Waals surface area contributed by atoms with E-state index in [9.17, 15) is 4.79 Å². The van der Waals surface area contributed by atoms with Crippen LogP contribution in [0.2, 0.25) is 0 Å². The van der Waals surface area contributed by atoms with Gasteiger partial charge < -0.3 is 10.2 Å². The Morgan fingerprint density at radius 2 is 2.58 bits per heavy atom. The van der Waals surface area contributed by atoms with E-state index >= 15 is 0 Å². The van der Waals surface area contributed by atoms with Crippen LogP contribution < -0.4 is 5.32 Å². The number of nitrogens with one attached hydrogen (secondary N) is 1. The topological polar surface area (TPSA) is 32.3 Å². The monoisotopic (exact) mass is 166 g/mol. The Morgan fingerprint density at radius 3 is 3.08 bits per heavy atom. The largest absolute Gasteiger partial charge is 0.334 e. The third kappa shape index (κ3) is 1.99. The number of rotatable bonds is 2. The molecular formula is C9H14N2O. The molecule has 1 unspecified atom stereocenters. The number of terminal acetylenes is 1. The van der Waals surface area contributed by atoms with E-state index in [1.165, 1.54) is 0 Å². The second kappa shape index (κ2) is 4.13. The van der Waals surface area contributed by atoms with Crippen molar-refractivity contribution in [2.45, 2.75) is 6.42 Å². The normalized spacial score (nSPS) is 21.8. The minimum absolute atomic E-state index is 0.142. The molecule has 1 aliphatic rings. The van der Waals surface area contributed by atoms with Gasteiger partial charge in [0.15, 0.2) is 0 Å². The molecule has 0 spiro atoms. The van der Waals surface area contributed by atoms with Gasteiger partial charge in [0, 0.05) is 13.6 Å². The maximum absolute atomic E-state index is 11.5. The molecule has 1 amide bonds. The Balaban J connectivity index is 2.41. The van der Waals surface area contributed by atoms with Crippen LogP contribution in [-0.2, 0) is 4.79 Å². The van der Waals surface area contributed by atoms with Gasteiger partial charge in [-0.2, -0.15) is 0 Å². The third-order valence-corrected chi connectivity index (χ3v) is 2.11. The molecule has 0 aromatic heterocycles. The van der Waals surface area contributed by atoms with E-state index in [-0.39, 0.29) is 11.8 Å². The fourth-order valence-electron chi connectivity index (χ4n) is 1.39. The quantitative estimate of drug-likeness (QED) is 0.571. The lowest BCUT2D eigenvalue weighted by molar-refractivity contribution is -0.132. The molecule has 0 aromatic rings. The van der Waals surface area contributed by atoms with Crippen LogP contribution in [0.5, 0.6) is 0 Å². The van der Waals surface area contributed by atoms with E-state index in [0.29, 0.717) is 6.54 Å². The summed E-state index contributed by atoms with van der Waals surface area (Å²) in [5.41, 5.74) is 0. The zero-order valence-corrected chi connectivity index (χ0v) is 7.34. The molecule has 1 N–H and O–H groups in total. The summed E-state index contributed by atoms with van der Waals surface area (Å²) in [5, 5.41) is 3.15. The molecule has 0 radical (unpaired) electrons. The van der Waals surface area contributed by atoms with Crippen LogP contribution in [-0.4, -0.2) is 37.5 Å². The lowest BCUT2D eigenvalue weighted by atomic mass is 10.1. The van der Waals surface area contributed by atoms with Crippen LogP contribution in [0.15, 0.2) is 0 Å². The Morgan fingerprint density at radius 1 is 1.83 bits per heavy atom. The Kier molecular flexibility index (Phi) is 3.12. The molecule has 1 rings (SSSR count). The highest BCUT2D eigenvalue weighted by molar-refractivity contribution is 5.79. The van der Waals surface area contributed by atoms with Crippen LogP contribution in [0.1, 0.15) is 6.42 Å². The fourth-order valence-corrected chi connectivity index (χ4v) is 1.39. The van der Waals surface area contributed by atoms with Crippen molar-refractivity contribution in [1.29, 1.82) is 0 Å². The van der Waals surface area contributed by atoms with E-state index in [0.717, 1.165) is 19.5 Å². The van der Waals surface area contributed by atoms with Gasteiger partial charge in [0.2, 0.25) is 5.91 Å². The van der Waals surface area contributed by atoms with Crippen molar-refractivity contribution in [2.75, 3.05) is 26.7 Å². The van der Waals surface area contributed by atoms with E-state index in [1.54, 1.807) is 11.9 Å². The molecule has 1 aliphatic heterocycles. The first-order valence-corrected chi connectivity index (χ1v) is 4.15. The van der Waals surface area contributed by atoms with Gasteiger partial charge in [-0.3, -0.25) is 4.79 Å². The summed E-state index contributed by atoms with van der Waals surface area (Å²) in [5.74, 6) is 2.76. The SMILES string of the molecule is C#CCN(C)C(=O)C1CCNC1. The minimum atomic E-state index is 0.142. The van der Waals surface area contributed by atoms with Crippen LogP contribution in [0, 0.1) is 18.3 Å². The van der Waals surface area contributed by atoms with E-state index in [2.05, 4.69) is 11.2 Å². The maximum Gasteiger partial charge on any atom is 0.227 e. The first-order valence-electron chi connectivity index (χ1n) is 4.15. The molecule has 66 valence electrons. The molecule has 1 fully saturated rings. The smallest absolute Gasteiger partial charge is 0.227 e. The molecule has 12 heavy (non-hydrogen) atoms. The second-order valence-corrected chi connectivity index (χ2v) is 3.09. The first kappa shape index (κ1) is 9.08. The lowest BCUT2D eigenvalue weighted by Gasteiger charge is -2.17. The standard InChI is InChI=1S/C9H14N2O/c1-3-6-11(2)9(12)8-4-5-10-7-8/h1,8,10H,4-7H2,2H3. The molecular weight excluding hydrogens is 152 g/mol. The van der Waals surface area contributed by atoms with Crippen LogP contribution in [0.25, 0.3) is 0 Å². The zero-order chi connectivity index (χ0) is 8.97. The van der Waals surface area contributed by atoms with E-state index in [4.69, 9.17) is 6.42 Å². The molecule has 1 atom stereocenters. The number of carbonyl (C=O) groups excluding carboxylic acids is 1. The Labute approximate surface area is 73.1 Å². The van der Waals surface area contributed by atoms with Gasteiger partial charge in [0.05, 0.1) is 12.5 Å². The average molecular weight is 166 g/mol. The van der Waals surface area contributed by atoms with Crippen LogP contribution in [0.4, 0.5) is 0 Å². The average Bonchev–Trinajstić information content (AvgIpc) is 2.55. The van der Waals surface area contributed by atoms with Gasteiger partial charge in [-0.15, -0.1) is 6.42 Å². The molecule has 1 heterocycles. The fraction of sp³-hybridized carbons (Fsp3) is 0.667. The zero-order valence-electron chi connectivity index (χ0n) is 7.34. The Hall–Kier alpha value is -1.01. The van der Waals surface area contributed by atoms with Crippen molar-refractivity contribution in [2.24, 2.45) is 5.92 Å². The molecule has 0 aromatic carbocycles. The molecule has 3 nitrogen and oxygen atoms in total. The van der Waals surface area contributed by atoms with E-state index < -0.39 is 0 Å². The predicted octanol–water partition coefficient (Wildman–Crippen LogP) is -0.312. The van der Waals surface area contributed by atoms with Crippen LogP contribution >= 0.6 is 0 Å². The number of hydrogen-bond acceptors (Lipinski definition) is 2. The van der Waals surface area contributed by atoms with Crippen molar-refractivity contribution in [3.8, 4) is 12.3 Å². The molecule has 1 saturated heterocycles. The van der Waals surface area contributed by atoms with Gasteiger partial charge in [0.1, 0.15) is 0 Å². The second-order valence-electron chi connectivity index (χ2n) is 3.09. The molecule has 0 saturated carbocycles. The van der Waals surface area contributed by atoms with Gasteiger partial charge in [-0.1, -0.05) is 5.92 Å². The molecule has 3 heteroatoms. The maximum atomic E-state index is 11.5. The van der Waals surface area contributed by atoms with Gasteiger partial charge in [0.25, 0.3) is 0 Å². The van der Waals surface area contributed by atoms with Crippen molar-refractivity contribution in [3.05, 3.63) is 0 Å². The summed E-state index contributed by atoms with van der Waals surface area (Å²) < 4.78 is 0.